The molecular weight excluding hydrogens is 1080 g/mol. The number of allylic oxidation sites excluding steroid dienone is 8. The number of anilines is 1. The first kappa shape index (κ1) is 66.5. The summed E-state index contributed by atoms with van der Waals surface area (Å²) in [6.07, 6.45) is 23.7. The van der Waals surface area contributed by atoms with Crippen LogP contribution in [0, 0.1) is 5.41 Å². The Morgan fingerprint density at radius 1 is 0.842 bits per heavy atom. The van der Waals surface area contributed by atoms with Crippen molar-refractivity contribution in [3.63, 3.8) is 0 Å². The number of nitrogens with zero attached hydrogens (tertiary/aromatic N) is 4. The van der Waals surface area contributed by atoms with Gasteiger partial charge in [0.05, 0.1) is 33.8 Å². The average Bonchev–Trinajstić information content (AvgIpc) is 3.91. The van der Waals surface area contributed by atoms with Crippen LogP contribution in [-0.2, 0) is 55.5 Å². The highest BCUT2D eigenvalue weighted by Crippen LogP contribution is 2.56. The fourth-order valence-electron chi connectivity index (χ4n) is 7.25. The first-order valence-corrected chi connectivity index (χ1v) is 30.4. The number of nitrogen functional groups attached to an aromatic ring is 1. The zero-order chi connectivity index (χ0) is 56.2. The summed E-state index contributed by atoms with van der Waals surface area (Å²) >= 11 is 0.918. The number of thioether (sulfide) groups is 1. The number of imidazole rings is 1. The molecule has 1 aliphatic heterocycles. The summed E-state index contributed by atoms with van der Waals surface area (Å²) in [5.41, 5.74) is 4.05. The van der Waals surface area contributed by atoms with E-state index in [1.165, 1.54) is 33.1 Å². The van der Waals surface area contributed by atoms with Gasteiger partial charge in [-0.3, -0.25) is 32.9 Å². The topological polar surface area (TPSA) is 392 Å². The van der Waals surface area contributed by atoms with E-state index in [0.717, 1.165) is 93.2 Å². The maximum atomic E-state index is 12.7. The molecule has 2 unspecified atom stereocenters. The van der Waals surface area contributed by atoms with Crippen LogP contribution in [0.1, 0.15) is 130 Å². The summed E-state index contributed by atoms with van der Waals surface area (Å²) in [4.78, 5) is 109. The number of ketones is 1. The number of phosphoric ester groups is 3. The van der Waals surface area contributed by atoms with Gasteiger partial charge in [-0.25, -0.2) is 19.3 Å². The van der Waals surface area contributed by atoms with E-state index in [1.807, 2.05) is 0 Å². The van der Waals surface area contributed by atoms with Gasteiger partial charge in [-0.1, -0.05) is 113 Å². The molecule has 29 heteroatoms. The third-order valence-electron chi connectivity index (χ3n) is 11.4. The number of carbonyl (C=O) groups is 4. The largest absolute Gasteiger partial charge is 0.790 e. The molecule has 76 heavy (non-hydrogen) atoms. The second kappa shape index (κ2) is 34.3. The Morgan fingerprint density at radius 2 is 1.45 bits per heavy atom. The summed E-state index contributed by atoms with van der Waals surface area (Å²) in [5.74, 6) is -1.55. The molecule has 0 bridgehead atoms. The maximum absolute atomic E-state index is 12.7. The van der Waals surface area contributed by atoms with Gasteiger partial charge in [0.2, 0.25) is 11.8 Å². The molecule has 7 atom stereocenters. The average molecular weight is 1150 g/mol. The van der Waals surface area contributed by atoms with Crippen LogP contribution in [0.2, 0.25) is 0 Å². The minimum Gasteiger partial charge on any atom is -0.790 e. The summed E-state index contributed by atoms with van der Waals surface area (Å²) in [6, 6.07) is 0. The second-order valence-corrected chi connectivity index (χ2v) is 23.5. The van der Waals surface area contributed by atoms with Crippen LogP contribution in [0.3, 0.4) is 0 Å². The van der Waals surface area contributed by atoms with Crippen molar-refractivity contribution in [1.29, 1.82) is 0 Å². The van der Waals surface area contributed by atoms with Gasteiger partial charge in [0, 0.05) is 37.1 Å². The van der Waals surface area contributed by atoms with Crippen molar-refractivity contribution in [3.05, 3.63) is 61.3 Å². The van der Waals surface area contributed by atoms with E-state index < -0.39 is 84.6 Å². The van der Waals surface area contributed by atoms with Crippen molar-refractivity contribution in [3.8, 4) is 0 Å². The summed E-state index contributed by atoms with van der Waals surface area (Å²) in [7, 11) is -17.7. The number of aliphatic hydroxyl groups is 2. The van der Waals surface area contributed by atoms with Crippen molar-refractivity contribution < 1.29 is 85.3 Å². The SMILES string of the molecule is CCCCC/C=C\C/C=C\C/C=C\C/C=C\CCCCCCCC(=O)CC(=O)SCCNC(=O)CCNC(=O)[C@H](O)C(C)(C)COP(=O)([O-])OP(=O)([O-])OC[C@H]1O[C@@H](n2cnc3c(N)ncnc32)[C@H](O)[C@@H]1OP(=O)([O-])[O-]. The van der Waals surface area contributed by atoms with Crippen LogP contribution in [0.4, 0.5) is 5.82 Å². The number of amides is 2. The van der Waals surface area contributed by atoms with Crippen LogP contribution in [-0.4, -0.2) is 109 Å². The van der Waals surface area contributed by atoms with Gasteiger partial charge in [-0.15, -0.1) is 0 Å². The lowest BCUT2D eigenvalue weighted by atomic mass is 9.87. The minimum atomic E-state index is -5.94. The number of aromatic nitrogens is 4. The Balaban J connectivity index is 1.24. The number of ether oxygens (including phenoxy) is 1. The Kier molecular flexibility index (Phi) is 30.0. The molecule has 0 saturated carbocycles. The van der Waals surface area contributed by atoms with Gasteiger partial charge in [0.1, 0.15) is 42.0 Å². The Labute approximate surface area is 447 Å². The molecule has 1 saturated heterocycles. The van der Waals surface area contributed by atoms with E-state index in [-0.39, 0.29) is 59.6 Å². The molecule has 6 N–H and O–H groups in total. The van der Waals surface area contributed by atoms with Crippen LogP contribution >= 0.6 is 35.2 Å². The number of phosphoric acid groups is 3. The molecule has 25 nitrogen and oxygen atoms in total. The van der Waals surface area contributed by atoms with Gasteiger partial charge in [-0.2, -0.15) is 0 Å². The number of unbranched alkanes of at least 4 members (excludes halogenated alkanes) is 8. The molecule has 2 aromatic heterocycles. The van der Waals surface area contributed by atoms with Gasteiger partial charge in [0.15, 0.2) is 22.8 Å². The first-order chi connectivity index (χ1) is 35.9. The lowest BCUT2D eigenvalue weighted by molar-refractivity contribution is -0.347. The molecule has 0 aliphatic carbocycles. The standard InChI is InChI=1S/C47H76N7O18P3S/c1-4-5-6-7-8-9-10-11-12-13-14-15-16-17-18-19-20-21-22-23-24-25-35(55)30-38(57)76-29-28-49-37(56)26-27-50-45(60)42(59)47(2,3)32-69-75(66,67)72-74(64,65)68-31-36-41(71-73(61,62)63)40(58)46(70-36)54-34-53-39-43(48)51-33-52-44(39)54/h8-9,11-12,14-15,17-18,33-34,36,40-42,46,58-59H,4-7,10,13,16,19-32H2,1-3H3,(H,49,56)(H,50,60)(H,64,65)(H,66,67)(H2,48,51,52)(H2,61,62,63)/p-4/b9-8-,12-11-,15-14-,18-17-/t36-,40-,41-,42+,46-/m1/s1. The molecular formula is C47H72N7O18P3S-4. The first-order valence-electron chi connectivity index (χ1n) is 25.0. The third kappa shape index (κ3) is 26.2. The number of hydrogen-bond acceptors (Lipinski definition) is 23. The Hall–Kier alpha value is -3.81. The van der Waals surface area contributed by atoms with Crippen LogP contribution in [0.25, 0.3) is 11.2 Å². The molecule has 1 fully saturated rings. The highest BCUT2D eigenvalue weighted by molar-refractivity contribution is 8.13. The molecule has 3 rings (SSSR count). The molecule has 2 aromatic rings. The molecule has 0 aromatic carbocycles. The van der Waals surface area contributed by atoms with Crippen molar-refractivity contribution in [2.75, 3.05) is 37.8 Å². The van der Waals surface area contributed by atoms with Gasteiger partial charge >= 0.3 is 0 Å². The fourth-order valence-corrected chi connectivity index (χ4v) is 10.7. The minimum absolute atomic E-state index is 0.0274. The third-order valence-corrected chi connectivity index (χ3v) is 15.3. The predicted octanol–water partition coefficient (Wildman–Crippen LogP) is 3.80. The number of rotatable bonds is 39. The highest BCUT2D eigenvalue weighted by Gasteiger charge is 2.47. The highest BCUT2D eigenvalue weighted by atomic mass is 32.2. The number of fused-ring (bicyclic) bond motifs is 1. The van der Waals surface area contributed by atoms with E-state index in [4.69, 9.17) is 10.5 Å². The van der Waals surface area contributed by atoms with Gasteiger partial charge in [0.25, 0.3) is 15.6 Å². The predicted molar refractivity (Wildman–Crippen MR) is 275 cm³/mol. The van der Waals surface area contributed by atoms with E-state index in [9.17, 15) is 62.7 Å². The molecule has 428 valence electrons. The Morgan fingerprint density at radius 3 is 2.09 bits per heavy atom. The van der Waals surface area contributed by atoms with E-state index >= 15 is 0 Å². The Bertz CT molecular complexity index is 2420. The van der Waals surface area contributed by atoms with E-state index in [0.29, 0.717) is 6.42 Å². The molecule has 0 spiro atoms. The molecule has 1 aliphatic rings. The number of carbonyl (C=O) groups excluding carboxylic acids is 4. The number of hydrogen-bond donors (Lipinski definition) is 5. The zero-order valence-corrected chi connectivity index (χ0v) is 46.6. The molecule has 3 heterocycles. The maximum Gasteiger partial charge on any atom is 0.274 e. The lowest BCUT2D eigenvalue weighted by Gasteiger charge is -2.36. The summed E-state index contributed by atoms with van der Waals surface area (Å²) in [5, 5.41) is 26.1. The number of Topliss-reactive ketones (excluding diaryl/α,β-unsaturated/α-hetero) is 1. The van der Waals surface area contributed by atoms with Crippen molar-refractivity contribution in [1.82, 2.24) is 30.2 Å². The summed E-state index contributed by atoms with van der Waals surface area (Å²) in [6.45, 7) is 2.13. The van der Waals surface area contributed by atoms with Gasteiger partial charge < -0.3 is 69.0 Å². The lowest BCUT2D eigenvalue weighted by Crippen LogP contribution is -2.46. The quantitative estimate of drug-likeness (QED) is 0.0275. The zero-order valence-electron chi connectivity index (χ0n) is 43.1. The monoisotopic (exact) mass is 1150 g/mol. The normalized spacial score (nSPS) is 19.5. The van der Waals surface area contributed by atoms with Crippen LogP contribution < -0.4 is 35.9 Å². The number of nitrogens with one attached hydrogen (secondary N) is 2. The smallest absolute Gasteiger partial charge is 0.274 e. The number of aliphatic hydroxyl groups excluding tert-OH is 2. The van der Waals surface area contributed by atoms with E-state index in [1.54, 1.807) is 0 Å². The van der Waals surface area contributed by atoms with Crippen molar-refractivity contribution in [2.45, 2.75) is 154 Å². The summed E-state index contributed by atoms with van der Waals surface area (Å²) < 4.78 is 60.9. The second-order valence-electron chi connectivity index (χ2n) is 18.3. The molecule has 0 radical (unpaired) electrons. The fraction of sp³-hybridized carbons (Fsp3) is 0.638. The van der Waals surface area contributed by atoms with Gasteiger partial charge in [-0.05, 0) is 51.4 Å². The molecule has 2 amide bonds. The number of nitrogens with two attached hydrogens (primary N) is 1. The van der Waals surface area contributed by atoms with Crippen molar-refractivity contribution >= 4 is 74.9 Å². The van der Waals surface area contributed by atoms with Crippen molar-refractivity contribution in [2.24, 2.45) is 5.41 Å². The van der Waals surface area contributed by atoms with E-state index in [2.05, 4.69) is 99.0 Å². The van der Waals surface area contributed by atoms with Crippen LogP contribution in [0.15, 0.2) is 61.3 Å². The van der Waals surface area contributed by atoms with Crippen LogP contribution in [0.5, 0.6) is 0 Å².